The van der Waals surface area contributed by atoms with E-state index in [2.05, 4.69) is 20.5 Å². The average Bonchev–Trinajstić information content (AvgIpc) is 3.24. The van der Waals surface area contributed by atoms with Gasteiger partial charge in [0.2, 0.25) is 0 Å². The molecule has 1 amide bonds. The largest absolute Gasteiger partial charge is 0.321 e. The molecule has 0 aliphatic carbocycles. The van der Waals surface area contributed by atoms with Crippen molar-refractivity contribution in [3.63, 3.8) is 0 Å². The third-order valence-electron chi connectivity index (χ3n) is 3.52. The van der Waals surface area contributed by atoms with Crippen LogP contribution in [-0.4, -0.2) is 21.1 Å². The van der Waals surface area contributed by atoms with Crippen molar-refractivity contribution in [2.75, 3.05) is 5.32 Å². The molecule has 0 saturated carbocycles. The highest BCUT2D eigenvalue weighted by Gasteiger charge is 2.16. The molecular weight excluding hydrogens is 308 g/mol. The van der Waals surface area contributed by atoms with Gasteiger partial charge in [-0.15, -0.1) is 11.3 Å². The molecule has 4 rings (SSSR count). The number of carbonyl (C=O) groups is 1. The van der Waals surface area contributed by atoms with Crippen LogP contribution in [0.1, 0.15) is 9.67 Å². The molecule has 0 saturated heterocycles. The number of anilines is 1. The van der Waals surface area contributed by atoms with Gasteiger partial charge in [0.05, 0.1) is 22.9 Å². The summed E-state index contributed by atoms with van der Waals surface area (Å²) in [6.07, 6.45) is 1.75. The van der Waals surface area contributed by atoms with Crippen LogP contribution in [0.3, 0.4) is 0 Å². The Labute approximate surface area is 136 Å². The van der Waals surface area contributed by atoms with Crippen molar-refractivity contribution >= 4 is 33.8 Å². The zero-order valence-corrected chi connectivity index (χ0v) is 12.8. The first-order valence-corrected chi connectivity index (χ1v) is 7.92. The van der Waals surface area contributed by atoms with Crippen molar-refractivity contribution in [2.45, 2.75) is 0 Å². The topological polar surface area (TPSA) is 70.7 Å². The summed E-state index contributed by atoms with van der Waals surface area (Å²) in [5, 5.41) is 10.8. The van der Waals surface area contributed by atoms with Gasteiger partial charge in [-0.05, 0) is 18.2 Å². The van der Waals surface area contributed by atoms with E-state index >= 15 is 0 Å². The lowest BCUT2D eigenvalue weighted by Crippen LogP contribution is -2.11. The van der Waals surface area contributed by atoms with Crippen LogP contribution in [-0.2, 0) is 0 Å². The second kappa shape index (κ2) is 5.66. The van der Waals surface area contributed by atoms with Crippen LogP contribution in [0.5, 0.6) is 0 Å². The minimum absolute atomic E-state index is 0.162. The Morgan fingerprint density at radius 1 is 1.13 bits per heavy atom. The number of aromatic nitrogens is 3. The maximum Gasteiger partial charge on any atom is 0.268 e. The van der Waals surface area contributed by atoms with E-state index in [1.54, 1.807) is 11.7 Å². The first kappa shape index (κ1) is 13.7. The van der Waals surface area contributed by atoms with Gasteiger partial charge in [0.25, 0.3) is 5.91 Å². The van der Waals surface area contributed by atoms with Gasteiger partial charge in [-0.25, -0.2) is 4.98 Å². The number of H-pyrrole nitrogens is 1. The number of benzene rings is 2. The second-order valence-corrected chi connectivity index (χ2v) is 5.88. The van der Waals surface area contributed by atoms with Crippen molar-refractivity contribution in [1.82, 2.24) is 15.2 Å². The van der Waals surface area contributed by atoms with E-state index in [0.29, 0.717) is 10.6 Å². The molecule has 2 heterocycles. The normalized spacial score (nSPS) is 10.8. The first-order chi connectivity index (χ1) is 11.3. The molecule has 0 aliphatic rings. The molecule has 0 unspecified atom stereocenters. The third kappa shape index (κ3) is 2.60. The van der Waals surface area contributed by atoms with Gasteiger partial charge in [0.1, 0.15) is 4.88 Å². The Balaban J connectivity index is 1.64. The molecule has 2 aromatic carbocycles. The molecule has 23 heavy (non-hydrogen) atoms. The molecule has 0 bridgehead atoms. The Bertz CT molecular complexity index is 974. The van der Waals surface area contributed by atoms with Crippen LogP contribution in [0.15, 0.2) is 60.2 Å². The van der Waals surface area contributed by atoms with Gasteiger partial charge < -0.3 is 5.32 Å². The number of hydrogen-bond acceptors (Lipinski definition) is 4. The molecule has 0 spiro atoms. The van der Waals surface area contributed by atoms with E-state index in [1.165, 1.54) is 11.3 Å². The lowest BCUT2D eigenvalue weighted by atomic mass is 10.1. The molecule has 2 N–H and O–H groups in total. The number of nitrogens with one attached hydrogen (secondary N) is 2. The number of hydrogen-bond donors (Lipinski definition) is 2. The number of fused-ring (bicyclic) bond motifs is 1. The maximum atomic E-state index is 12.6. The Kier molecular flexibility index (Phi) is 3.36. The van der Waals surface area contributed by atoms with E-state index in [1.807, 2.05) is 48.5 Å². The van der Waals surface area contributed by atoms with Crippen molar-refractivity contribution < 1.29 is 4.79 Å². The monoisotopic (exact) mass is 320 g/mol. The highest BCUT2D eigenvalue weighted by molar-refractivity contribution is 7.12. The molecule has 0 aliphatic heterocycles. The van der Waals surface area contributed by atoms with Crippen molar-refractivity contribution in [2.24, 2.45) is 0 Å². The molecule has 2 aromatic heterocycles. The SMILES string of the molecule is O=C(Nc1ccc2cn[nH]c2c1)c1scnc1-c1ccccc1. The second-order valence-electron chi connectivity index (χ2n) is 5.02. The van der Waals surface area contributed by atoms with Crippen LogP contribution < -0.4 is 5.32 Å². The smallest absolute Gasteiger partial charge is 0.268 e. The summed E-state index contributed by atoms with van der Waals surface area (Å²) < 4.78 is 0. The van der Waals surface area contributed by atoms with E-state index in [-0.39, 0.29) is 5.91 Å². The highest BCUT2D eigenvalue weighted by atomic mass is 32.1. The molecular formula is C17H12N4OS. The summed E-state index contributed by atoms with van der Waals surface area (Å²) in [7, 11) is 0. The van der Waals surface area contributed by atoms with E-state index < -0.39 is 0 Å². The fourth-order valence-corrected chi connectivity index (χ4v) is 3.12. The summed E-state index contributed by atoms with van der Waals surface area (Å²) >= 11 is 1.33. The van der Waals surface area contributed by atoms with Gasteiger partial charge in [-0.1, -0.05) is 30.3 Å². The number of nitrogens with zero attached hydrogens (tertiary/aromatic N) is 2. The van der Waals surface area contributed by atoms with Gasteiger partial charge in [-0.2, -0.15) is 5.10 Å². The zero-order chi connectivity index (χ0) is 15.6. The first-order valence-electron chi connectivity index (χ1n) is 7.04. The van der Waals surface area contributed by atoms with Gasteiger partial charge in [-0.3, -0.25) is 9.89 Å². The highest BCUT2D eigenvalue weighted by Crippen LogP contribution is 2.26. The molecule has 112 valence electrons. The summed E-state index contributed by atoms with van der Waals surface area (Å²) in [5.74, 6) is -0.162. The fraction of sp³-hybridized carbons (Fsp3) is 0. The average molecular weight is 320 g/mol. The molecule has 0 atom stereocenters. The predicted octanol–water partition coefficient (Wildman–Crippen LogP) is 3.94. The van der Waals surface area contributed by atoms with Crippen molar-refractivity contribution in [1.29, 1.82) is 0 Å². The summed E-state index contributed by atoms with van der Waals surface area (Å²) in [4.78, 5) is 17.5. The van der Waals surface area contributed by atoms with Crippen LogP contribution in [0.25, 0.3) is 22.2 Å². The van der Waals surface area contributed by atoms with Crippen molar-refractivity contribution in [3.05, 3.63) is 65.1 Å². The fourth-order valence-electron chi connectivity index (χ4n) is 2.41. The standard InChI is InChI=1S/C17H12N4OS/c22-17(20-13-7-6-12-9-19-21-14(12)8-13)16-15(18-10-23-16)11-4-2-1-3-5-11/h1-10H,(H,19,21)(H,20,22). The van der Waals surface area contributed by atoms with Gasteiger partial charge in [0.15, 0.2) is 0 Å². The van der Waals surface area contributed by atoms with E-state index in [0.717, 1.165) is 22.2 Å². The van der Waals surface area contributed by atoms with Crippen LogP contribution in [0.4, 0.5) is 5.69 Å². The molecule has 6 heteroatoms. The van der Waals surface area contributed by atoms with Crippen molar-refractivity contribution in [3.8, 4) is 11.3 Å². The minimum Gasteiger partial charge on any atom is -0.321 e. The molecule has 5 nitrogen and oxygen atoms in total. The molecule has 0 fully saturated rings. The van der Waals surface area contributed by atoms with E-state index in [9.17, 15) is 4.79 Å². The van der Waals surface area contributed by atoms with Crippen LogP contribution in [0, 0.1) is 0 Å². The third-order valence-corrected chi connectivity index (χ3v) is 4.35. The van der Waals surface area contributed by atoms with E-state index in [4.69, 9.17) is 0 Å². The number of aromatic amines is 1. The molecule has 4 aromatic rings. The summed E-state index contributed by atoms with van der Waals surface area (Å²) in [6.45, 7) is 0. The Hall–Kier alpha value is -2.99. The number of thiazole rings is 1. The number of amides is 1. The maximum absolute atomic E-state index is 12.6. The van der Waals surface area contributed by atoms with Crippen LogP contribution in [0.2, 0.25) is 0 Å². The Morgan fingerprint density at radius 3 is 2.87 bits per heavy atom. The lowest BCUT2D eigenvalue weighted by Gasteiger charge is -2.05. The summed E-state index contributed by atoms with van der Waals surface area (Å²) in [6, 6.07) is 15.3. The minimum atomic E-state index is -0.162. The van der Waals surface area contributed by atoms with Gasteiger partial charge >= 0.3 is 0 Å². The Morgan fingerprint density at radius 2 is 2.00 bits per heavy atom. The lowest BCUT2D eigenvalue weighted by molar-refractivity contribution is 0.103. The number of rotatable bonds is 3. The summed E-state index contributed by atoms with van der Waals surface area (Å²) in [5.41, 5.74) is 4.93. The predicted molar refractivity (Wildman–Crippen MR) is 91.6 cm³/mol. The quantitative estimate of drug-likeness (QED) is 0.600. The van der Waals surface area contributed by atoms with Gasteiger partial charge in [0, 0.05) is 16.6 Å². The van der Waals surface area contributed by atoms with Crippen LogP contribution >= 0.6 is 11.3 Å². The number of carbonyl (C=O) groups excluding carboxylic acids is 1. The molecule has 0 radical (unpaired) electrons. The zero-order valence-electron chi connectivity index (χ0n) is 12.0.